The predicted octanol–water partition coefficient (Wildman–Crippen LogP) is 6.50. The van der Waals surface area contributed by atoms with E-state index >= 15 is 0 Å². The number of hydrogen-bond donors (Lipinski definition) is 4. The third-order valence-electron chi connectivity index (χ3n) is 14.9. The van der Waals surface area contributed by atoms with Crippen molar-refractivity contribution in [3.63, 3.8) is 0 Å². The van der Waals surface area contributed by atoms with E-state index in [1.54, 1.807) is 35.3 Å². The maximum absolute atomic E-state index is 14.4. The van der Waals surface area contributed by atoms with Crippen molar-refractivity contribution in [3.05, 3.63) is 81.4 Å². The van der Waals surface area contributed by atoms with E-state index in [0.717, 1.165) is 96.8 Å². The molecular formula is C53H68N14O6S2. The molecule has 2 saturated heterocycles. The van der Waals surface area contributed by atoms with Crippen molar-refractivity contribution in [1.29, 1.82) is 5.26 Å². The van der Waals surface area contributed by atoms with E-state index in [0.29, 0.717) is 46.4 Å². The molecule has 2 amide bonds. The van der Waals surface area contributed by atoms with Crippen molar-refractivity contribution in [2.75, 3.05) is 50.0 Å². The summed E-state index contributed by atoms with van der Waals surface area (Å²) in [5.74, 6) is 0.487. The zero-order valence-electron chi connectivity index (χ0n) is 43.7. The number of ether oxygens (including phenoxy) is 1. The van der Waals surface area contributed by atoms with Crippen molar-refractivity contribution in [1.82, 2.24) is 55.2 Å². The smallest absolute Gasteiger partial charge is 0.253 e. The fourth-order valence-electron chi connectivity index (χ4n) is 10.9. The lowest BCUT2D eigenvalue weighted by molar-refractivity contribution is -0.143. The summed E-state index contributed by atoms with van der Waals surface area (Å²) in [6.07, 6.45) is 6.75. The van der Waals surface area contributed by atoms with Crippen molar-refractivity contribution >= 4 is 45.4 Å². The summed E-state index contributed by atoms with van der Waals surface area (Å²) in [7, 11) is 0. The highest BCUT2D eigenvalue weighted by molar-refractivity contribution is 7.16. The molecule has 6 aromatic rings. The van der Waals surface area contributed by atoms with Crippen LogP contribution in [-0.4, -0.2) is 136 Å². The summed E-state index contributed by atoms with van der Waals surface area (Å²) < 4.78 is 13.4. The van der Waals surface area contributed by atoms with Gasteiger partial charge in [0.05, 0.1) is 58.1 Å². The van der Waals surface area contributed by atoms with Crippen molar-refractivity contribution in [2.45, 2.75) is 135 Å². The number of thiazole rings is 1. The van der Waals surface area contributed by atoms with Gasteiger partial charge >= 0.3 is 0 Å². The van der Waals surface area contributed by atoms with E-state index in [1.807, 2.05) is 65.8 Å². The number of rotatable bonds is 18. The third-order valence-corrected chi connectivity index (χ3v) is 17.0. The number of hydrogen-bond acceptors (Lipinski definition) is 19. The molecule has 398 valence electrons. The van der Waals surface area contributed by atoms with E-state index in [4.69, 9.17) is 25.0 Å². The van der Waals surface area contributed by atoms with Gasteiger partial charge in [-0.15, -0.1) is 22.7 Å². The number of benzene rings is 1. The molecule has 0 unspecified atom stereocenters. The highest BCUT2D eigenvalue weighted by Crippen LogP contribution is 2.48. The molecule has 7 heterocycles. The third kappa shape index (κ3) is 11.3. The number of carbonyl (C=O) groups excluding carboxylic acids is 2. The Balaban J connectivity index is 0.767. The van der Waals surface area contributed by atoms with Gasteiger partial charge in [0.1, 0.15) is 28.8 Å². The fourth-order valence-corrected chi connectivity index (χ4v) is 12.9. The minimum atomic E-state index is -0.963. The summed E-state index contributed by atoms with van der Waals surface area (Å²) in [6, 6.07) is 9.42. The molecule has 1 aliphatic carbocycles. The van der Waals surface area contributed by atoms with E-state index in [-0.39, 0.29) is 36.8 Å². The highest BCUT2D eigenvalue weighted by atomic mass is 32.1. The topological polar surface area (TPSA) is 264 Å². The number of likely N-dealkylation sites (tertiary alicyclic amines) is 1. The summed E-state index contributed by atoms with van der Waals surface area (Å²) in [4.78, 5) is 55.7. The highest BCUT2D eigenvalue weighted by Gasteiger charge is 2.45. The number of thiophene rings is 1. The van der Waals surface area contributed by atoms with Gasteiger partial charge in [-0.05, 0) is 101 Å². The van der Waals surface area contributed by atoms with Crippen LogP contribution in [0.3, 0.4) is 0 Å². The minimum Gasteiger partial charge on any atom is -0.475 e. The molecule has 0 spiro atoms. The van der Waals surface area contributed by atoms with E-state index < -0.39 is 41.7 Å². The molecule has 2 aliphatic heterocycles. The van der Waals surface area contributed by atoms with Crippen LogP contribution in [-0.2, 0) is 21.4 Å². The molecule has 1 aromatic carbocycles. The summed E-state index contributed by atoms with van der Waals surface area (Å²) in [5.41, 5.74) is 12.1. The molecule has 22 heteroatoms. The predicted molar refractivity (Wildman–Crippen MR) is 285 cm³/mol. The quantitative estimate of drug-likeness (QED) is 0.0669. The molecule has 5 aromatic heterocycles. The van der Waals surface area contributed by atoms with Crippen molar-refractivity contribution < 1.29 is 29.1 Å². The number of nitrogen functional groups attached to an aromatic ring is 1. The van der Waals surface area contributed by atoms with Gasteiger partial charge in [0.25, 0.3) is 5.88 Å². The molecule has 2 fully saturated rings. The Labute approximate surface area is 445 Å². The average molecular weight is 1060 g/mol. The van der Waals surface area contributed by atoms with E-state index in [1.165, 1.54) is 20.9 Å². The lowest BCUT2D eigenvalue weighted by atomic mass is 9.72. The first-order chi connectivity index (χ1) is 36.0. The molecule has 3 aliphatic rings. The number of aliphatic hydroxyl groups excluding tert-OH is 2. The van der Waals surface area contributed by atoms with Gasteiger partial charge in [-0.1, -0.05) is 67.4 Å². The van der Waals surface area contributed by atoms with Gasteiger partial charge in [-0.2, -0.15) is 10.2 Å². The lowest BCUT2D eigenvalue weighted by Gasteiger charge is -2.32. The fraction of sp³-hybridized carbons (Fsp3) is 0.547. The first kappa shape index (κ1) is 53.4. The number of aliphatic hydroxyl groups is 2. The average Bonchev–Trinajstić information content (AvgIpc) is 4.26. The Hall–Kier alpha value is -6.38. The van der Waals surface area contributed by atoms with Crippen molar-refractivity contribution in [2.24, 2.45) is 11.8 Å². The van der Waals surface area contributed by atoms with Crippen LogP contribution in [0.4, 0.5) is 10.9 Å². The first-order valence-electron chi connectivity index (χ1n) is 26.0. The number of nitrogens with zero attached hydrogens (tertiary/aromatic N) is 12. The maximum Gasteiger partial charge on any atom is 0.253 e. The normalized spacial score (nSPS) is 21.4. The largest absolute Gasteiger partial charge is 0.475 e. The number of nitrogens with one attached hydrogen (secondary N) is 1. The molecule has 20 nitrogen and oxygen atoms in total. The van der Waals surface area contributed by atoms with Crippen LogP contribution < -0.4 is 20.7 Å². The number of aryl methyl sites for hydroxylation is 2. The molecular weight excluding hydrogens is 993 g/mol. The van der Waals surface area contributed by atoms with Gasteiger partial charge in [0, 0.05) is 48.7 Å². The number of carbonyl (C=O) groups is 2. The van der Waals surface area contributed by atoms with Crippen molar-refractivity contribution in [3.8, 4) is 33.9 Å². The number of aromatic nitrogens is 8. The number of anilines is 2. The Kier molecular flexibility index (Phi) is 16.3. The number of unbranched alkanes of at least 4 members (excludes halogenated alkanes) is 1. The van der Waals surface area contributed by atoms with Crippen LogP contribution in [0.2, 0.25) is 0 Å². The molecule has 0 saturated carbocycles. The van der Waals surface area contributed by atoms with Gasteiger partial charge in [0.2, 0.25) is 29.5 Å². The van der Waals surface area contributed by atoms with E-state index in [2.05, 4.69) is 53.5 Å². The number of β-amino-alcohol motifs (C(OH)–C–C–N with tert-alkyl or cyclic N) is 1. The Bertz CT molecular complexity index is 2980. The molecule has 5 N–H and O–H groups in total. The standard InChI is InChI=1S/C53H68N14O6S2/c1-30(2)44(50(71)66-27-36(68)24-39(66)49(70)59-43(45(69)31(3)4)34-13-15-35(16-14-34)46-33(6)57-29-74-46)67-28-41(61-63-67)72-23-9-8-20-64-21-11-22-65(32(5)26-64)52-56-19-17-38(58-52)48-60-51(73-62-48)53(7)18-10-12-40-42(53)37(25-54)47(55)75-40/h13-17,19,28-32,36,39,43-45,68-69H,8-12,18,20-24,26-27,55H2,1-7H3,(H,59,70)/t32-,36+,39-,43+,44+,45+,53-/m0/s1. The number of fused-ring (bicyclic) bond motifs is 1. The maximum atomic E-state index is 14.4. The van der Waals surface area contributed by atoms with Crippen LogP contribution in [0, 0.1) is 30.1 Å². The van der Waals surface area contributed by atoms with Gasteiger partial charge in [-0.3, -0.25) is 9.59 Å². The Morgan fingerprint density at radius 1 is 1.07 bits per heavy atom. The molecule has 7 atom stereocenters. The van der Waals surface area contributed by atoms with Crippen LogP contribution >= 0.6 is 22.7 Å². The summed E-state index contributed by atoms with van der Waals surface area (Å²) >= 11 is 3.02. The van der Waals surface area contributed by atoms with Crippen LogP contribution in [0.5, 0.6) is 5.88 Å². The van der Waals surface area contributed by atoms with Gasteiger partial charge < -0.3 is 45.2 Å². The number of amides is 2. The summed E-state index contributed by atoms with van der Waals surface area (Å²) in [6.45, 7) is 17.6. The van der Waals surface area contributed by atoms with Gasteiger partial charge in [0.15, 0.2) is 0 Å². The van der Waals surface area contributed by atoms with E-state index in [9.17, 15) is 25.1 Å². The Morgan fingerprint density at radius 3 is 2.60 bits per heavy atom. The van der Waals surface area contributed by atoms with Gasteiger partial charge in [-0.25, -0.2) is 19.6 Å². The van der Waals surface area contributed by atoms with Crippen LogP contribution in [0.1, 0.15) is 125 Å². The summed E-state index contributed by atoms with van der Waals surface area (Å²) in [5, 5.41) is 48.7. The molecule has 9 rings (SSSR count). The second-order valence-electron chi connectivity index (χ2n) is 21.1. The second-order valence-corrected chi connectivity index (χ2v) is 23.1. The Morgan fingerprint density at radius 2 is 1.87 bits per heavy atom. The zero-order valence-corrected chi connectivity index (χ0v) is 45.4. The number of nitrogens with two attached hydrogens (primary N) is 1. The lowest BCUT2D eigenvalue weighted by Crippen LogP contribution is -2.51. The molecule has 0 radical (unpaired) electrons. The van der Waals surface area contributed by atoms with Crippen LogP contribution in [0.15, 0.2) is 52.8 Å². The molecule has 75 heavy (non-hydrogen) atoms. The SMILES string of the molecule is Cc1ncsc1-c1ccc([C@@H](NC(=O)[C@@H]2C[C@@H](O)CN2C(=O)[C@@H](C(C)C)n2cc(OCCCCN3CCCN(c4nccc(-c5noc([C@@]6(C)CCCc7sc(N)c(C#N)c76)n5)n4)[C@@H](C)C3)nn2)[C@H](O)C(C)C)cc1. The number of nitriles is 1. The second kappa shape index (κ2) is 22.8. The monoisotopic (exact) mass is 1060 g/mol. The minimum absolute atomic E-state index is 0.0175. The first-order valence-corrected chi connectivity index (χ1v) is 27.7. The molecule has 0 bridgehead atoms. The van der Waals surface area contributed by atoms with Crippen LogP contribution in [0.25, 0.3) is 22.0 Å². The zero-order chi connectivity index (χ0) is 53.1.